The molecule has 0 aliphatic carbocycles. The lowest BCUT2D eigenvalue weighted by Gasteiger charge is -2.14. The fourth-order valence-corrected chi connectivity index (χ4v) is 2.70. The maximum Gasteiger partial charge on any atom is 0.230 e. The van der Waals surface area contributed by atoms with Crippen molar-refractivity contribution in [3.63, 3.8) is 0 Å². The number of hydrogen-bond acceptors (Lipinski definition) is 4. The Morgan fingerprint density at radius 3 is 2.71 bits per heavy atom. The Labute approximate surface area is 126 Å². The van der Waals surface area contributed by atoms with E-state index < -0.39 is 0 Å². The lowest BCUT2D eigenvalue weighted by atomic mass is 9.90. The molecule has 0 aliphatic heterocycles. The van der Waals surface area contributed by atoms with Crippen molar-refractivity contribution in [1.82, 2.24) is 5.16 Å². The summed E-state index contributed by atoms with van der Waals surface area (Å²) in [7, 11) is 1.66. The molecule has 1 aromatic carbocycles. The van der Waals surface area contributed by atoms with Crippen LogP contribution in [-0.2, 0) is 0 Å². The Bertz CT molecular complexity index is 578. The molecule has 2 N–H and O–H groups in total. The van der Waals surface area contributed by atoms with Crippen molar-refractivity contribution in [1.29, 1.82) is 0 Å². The summed E-state index contributed by atoms with van der Waals surface area (Å²) in [5.41, 5.74) is 8.82. The molecule has 2 rings (SSSR count). The van der Waals surface area contributed by atoms with Crippen molar-refractivity contribution in [2.45, 2.75) is 45.4 Å². The largest absolute Gasteiger partial charge is 0.496 e. The number of unbranched alkanes of at least 4 members (excludes halogenated alkanes) is 1. The van der Waals surface area contributed by atoms with Gasteiger partial charge in [0.1, 0.15) is 5.75 Å². The fourth-order valence-electron chi connectivity index (χ4n) is 2.70. The van der Waals surface area contributed by atoms with E-state index in [1.165, 1.54) is 12.8 Å². The first-order chi connectivity index (χ1) is 10.2. The number of methoxy groups -OCH3 is 1. The average molecular weight is 288 g/mol. The highest BCUT2D eigenvalue weighted by atomic mass is 16.5. The molecule has 0 bridgehead atoms. The van der Waals surface area contributed by atoms with E-state index in [-0.39, 0.29) is 0 Å². The highest BCUT2D eigenvalue weighted by Crippen LogP contribution is 2.41. The summed E-state index contributed by atoms with van der Waals surface area (Å²) in [5.74, 6) is 1.52. The van der Waals surface area contributed by atoms with Crippen LogP contribution < -0.4 is 10.5 Å². The molecule has 0 fully saturated rings. The smallest absolute Gasteiger partial charge is 0.230 e. The fraction of sp³-hybridized carbons (Fsp3) is 0.471. The SMILES string of the molecule is CCCCC(CC)c1noc(N)c1-c1ccccc1OC. The summed E-state index contributed by atoms with van der Waals surface area (Å²) in [4.78, 5) is 0. The highest BCUT2D eigenvalue weighted by Gasteiger charge is 2.24. The second-order valence-corrected chi connectivity index (χ2v) is 5.25. The third kappa shape index (κ3) is 3.20. The van der Waals surface area contributed by atoms with Crippen molar-refractivity contribution >= 4 is 5.88 Å². The number of nitrogen functional groups attached to an aromatic ring is 1. The monoisotopic (exact) mass is 288 g/mol. The number of nitrogens with two attached hydrogens (primary N) is 1. The van der Waals surface area contributed by atoms with Gasteiger partial charge in [-0.25, -0.2) is 0 Å². The van der Waals surface area contributed by atoms with Gasteiger partial charge < -0.3 is 15.0 Å². The second-order valence-electron chi connectivity index (χ2n) is 5.25. The van der Waals surface area contributed by atoms with Gasteiger partial charge in [-0.3, -0.25) is 0 Å². The topological polar surface area (TPSA) is 61.3 Å². The molecule has 4 heteroatoms. The van der Waals surface area contributed by atoms with Crippen LogP contribution in [0.3, 0.4) is 0 Å². The normalized spacial score (nSPS) is 12.3. The molecular formula is C17H24N2O2. The number of para-hydroxylation sites is 1. The Hall–Kier alpha value is -1.97. The van der Waals surface area contributed by atoms with Crippen LogP contribution >= 0.6 is 0 Å². The molecule has 1 unspecified atom stereocenters. The van der Waals surface area contributed by atoms with Gasteiger partial charge in [0.25, 0.3) is 0 Å². The predicted octanol–water partition coefficient (Wildman–Crippen LogP) is 4.62. The van der Waals surface area contributed by atoms with E-state index in [9.17, 15) is 0 Å². The molecular weight excluding hydrogens is 264 g/mol. The molecule has 4 nitrogen and oxygen atoms in total. The molecule has 0 saturated heterocycles. The summed E-state index contributed by atoms with van der Waals surface area (Å²) in [6, 6.07) is 7.84. The molecule has 114 valence electrons. The van der Waals surface area contributed by atoms with Gasteiger partial charge in [0, 0.05) is 11.5 Å². The summed E-state index contributed by atoms with van der Waals surface area (Å²) in [5, 5.41) is 4.24. The zero-order valence-corrected chi connectivity index (χ0v) is 13.1. The van der Waals surface area contributed by atoms with Gasteiger partial charge in [0.15, 0.2) is 0 Å². The molecule has 0 radical (unpaired) electrons. The molecule has 1 aromatic heterocycles. The number of ether oxygens (including phenoxy) is 1. The van der Waals surface area contributed by atoms with E-state index >= 15 is 0 Å². The van der Waals surface area contributed by atoms with Crippen LogP contribution in [0.25, 0.3) is 11.1 Å². The van der Waals surface area contributed by atoms with Gasteiger partial charge in [-0.05, 0) is 18.9 Å². The zero-order valence-electron chi connectivity index (χ0n) is 13.1. The maximum absolute atomic E-state index is 6.03. The summed E-state index contributed by atoms with van der Waals surface area (Å²) >= 11 is 0. The Balaban J connectivity index is 2.46. The number of benzene rings is 1. The zero-order chi connectivity index (χ0) is 15.2. The van der Waals surface area contributed by atoms with E-state index in [1.807, 2.05) is 24.3 Å². The van der Waals surface area contributed by atoms with E-state index in [2.05, 4.69) is 19.0 Å². The lowest BCUT2D eigenvalue weighted by Crippen LogP contribution is -2.01. The summed E-state index contributed by atoms with van der Waals surface area (Å²) < 4.78 is 10.7. The summed E-state index contributed by atoms with van der Waals surface area (Å²) in [6.45, 7) is 4.38. The second kappa shape index (κ2) is 7.16. The first-order valence-corrected chi connectivity index (χ1v) is 7.61. The number of hydrogen-bond donors (Lipinski definition) is 1. The first kappa shape index (κ1) is 15.4. The van der Waals surface area contributed by atoms with E-state index in [1.54, 1.807) is 7.11 Å². The van der Waals surface area contributed by atoms with Gasteiger partial charge in [-0.2, -0.15) is 0 Å². The van der Waals surface area contributed by atoms with Crippen molar-refractivity contribution in [3.8, 4) is 16.9 Å². The summed E-state index contributed by atoms with van der Waals surface area (Å²) in [6.07, 6.45) is 4.47. The predicted molar refractivity (Wildman–Crippen MR) is 85.5 cm³/mol. The van der Waals surface area contributed by atoms with Gasteiger partial charge in [0.2, 0.25) is 5.88 Å². The standard InChI is InChI=1S/C17H24N2O2/c1-4-6-9-12(5-2)16-15(17(18)21-19-16)13-10-7-8-11-14(13)20-3/h7-8,10-12H,4-6,9,18H2,1-3H3. The molecule has 0 saturated carbocycles. The molecule has 2 aromatic rings. The Morgan fingerprint density at radius 1 is 1.29 bits per heavy atom. The Kier molecular flexibility index (Phi) is 5.26. The average Bonchev–Trinajstić information content (AvgIpc) is 2.89. The third-order valence-electron chi connectivity index (χ3n) is 3.91. The third-order valence-corrected chi connectivity index (χ3v) is 3.91. The Morgan fingerprint density at radius 2 is 2.05 bits per heavy atom. The van der Waals surface area contributed by atoms with Crippen LogP contribution in [-0.4, -0.2) is 12.3 Å². The number of nitrogens with zero attached hydrogens (tertiary/aromatic N) is 1. The van der Waals surface area contributed by atoms with E-state index in [4.69, 9.17) is 15.0 Å². The molecule has 1 heterocycles. The number of anilines is 1. The minimum atomic E-state index is 0.365. The first-order valence-electron chi connectivity index (χ1n) is 7.61. The molecule has 0 amide bonds. The van der Waals surface area contributed by atoms with Crippen molar-refractivity contribution in [2.24, 2.45) is 0 Å². The highest BCUT2D eigenvalue weighted by molar-refractivity contribution is 5.80. The minimum Gasteiger partial charge on any atom is -0.496 e. The number of rotatable bonds is 7. The van der Waals surface area contributed by atoms with E-state index in [0.29, 0.717) is 11.8 Å². The van der Waals surface area contributed by atoms with Crippen molar-refractivity contribution in [3.05, 3.63) is 30.0 Å². The van der Waals surface area contributed by atoms with Crippen molar-refractivity contribution in [2.75, 3.05) is 12.8 Å². The molecule has 1 atom stereocenters. The van der Waals surface area contributed by atoms with Gasteiger partial charge >= 0.3 is 0 Å². The minimum absolute atomic E-state index is 0.365. The van der Waals surface area contributed by atoms with E-state index in [0.717, 1.165) is 35.4 Å². The molecule has 0 spiro atoms. The van der Waals surface area contributed by atoms with Gasteiger partial charge in [-0.1, -0.05) is 50.0 Å². The number of aromatic nitrogens is 1. The van der Waals surface area contributed by atoms with Crippen LogP contribution in [0, 0.1) is 0 Å². The molecule has 21 heavy (non-hydrogen) atoms. The quantitative estimate of drug-likeness (QED) is 0.807. The van der Waals surface area contributed by atoms with Crippen LogP contribution in [0.2, 0.25) is 0 Å². The van der Waals surface area contributed by atoms with Crippen LogP contribution in [0.5, 0.6) is 5.75 Å². The molecule has 0 aliphatic rings. The van der Waals surface area contributed by atoms with Gasteiger partial charge in [0.05, 0.1) is 18.4 Å². The van der Waals surface area contributed by atoms with Crippen LogP contribution in [0.1, 0.15) is 51.1 Å². The lowest BCUT2D eigenvalue weighted by molar-refractivity contribution is 0.412. The van der Waals surface area contributed by atoms with Gasteiger partial charge in [-0.15, -0.1) is 0 Å². The van der Waals surface area contributed by atoms with Crippen LogP contribution in [0.4, 0.5) is 5.88 Å². The van der Waals surface area contributed by atoms with Crippen LogP contribution in [0.15, 0.2) is 28.8 Å². The van der Waals surface area contributed by atoms with Crippen molar-refractivity contribution < 1.29 is 9.26 Å². The maximum atomic E-state index is 6.03.